The molecular weight excluding hydrogens is 460 g/mol. The number of hydrogen-bond donors (Lipinski definition) is 1. The molecule has 0 aliphatic carbocycles. The zero-order valence-electron chi connectivity index (χ0n) is 13.8. The lowest BCUT2D eigenvalue weighted by Crippen LogP contribution is -2.13. The molecule has 2 aromatic carbocycles. The highest BCUT2D eigenvalue weighted by atomic mass is 79.9. The van der Waals surface area contributed by atoms with Crippen LogP contribution in [0.2, 0.25) is 0 Å². The fraction of sp³-hybridized carbons (Fsp3) is 0.100. The summed E-state index contributed by atoms with van der Waals surface area (Å²) in [7, 11) is 0. The summed E-state index contributed by atoms with van der Waals surface area (Å²) in [6, 6.07) is 12.8. The third kappa shape index (κ3) is 5.23. The highest BCUT2D eigenvalue weighted by Crippen LogP contribution is 2.35. The van der Waals surface area contributed by atoms with Gasteiger partial charge in [0.15, 0.2) is 0 Å². The number of ether oxygens (including phenoxy) is 1. The lowest BCUT2D eigenvalue weighted by Gasteiger charge is -2.09. The molecule has 2 aromatic rings. The summed E-state index contributed by atoms with van der Waals surface area (Å²) >= 11 is 6.80. The molecule has 0 atom stereocenters. The smallest absolute Gasteiger partial charge is 0.266 e. The van der Waals surface area contributed by atoms with Crippen LogP contribution in [-0.4, -0.2) is 12.5 Å². The zero-order chi connectivity index (χ0) is 19.1. The van der Waals surface area contributed by atoms with Crippen molar-refractivity contribution in [1.29, 1.82) is 5.26 Å². The number of nitrogens with zero attached hydrogens (tertiary/aromatic N) is 1. The van der Waals surface area contributed by atoms with Crippen LogP contribution in [0.1, 0.15) is 11.1 Å². The molecule has 130 valence electrons. The molecule has 4 nitrogen and oxygen atoms in total. The maximum atomic E-state index is 12.3. The van der Waals surface area contributed by atoms with Crippen molar-refractivity contribution in [3.05, 3.63) is 62.0 Å². The molecular formula is C20H14Br2N2O2. The number of benzene rings is 2. The maximum absolute atomic E-state index is 12.3. The second kappa shape index (κ2) is 9.24. The molecule has 2 rings (SSSR count). The van der Waals surface area contributed by atoms with E-state index in [9.17, 15) is 10.1 Å². The maximum Gasteiger partial charge on any atom is 0.266 e. The van der Waals surface area contributed by atoms with E-state index in [0.717, 1.165) is 5.56 Å². The van der Waals surface area contributed by atoms with Gasteiger partial charge >= 0.3 is 0 Å². The van der Waals surface area contributed by atoms with Crippen molar-refractivity contribution in [2.45, 2.75) is 6.92 Å². The van der Waals surface area contributed by atoms with Crippen LogP contribution in [0.4, 0.5) is 5.69 Å². The Hall–Kier alpha value is -2.54. The largest absolute Gasteiger partial charge is 0.479 e. The number of nitriles is 1. The lowest BCUT2D eigenvalue weighted by molar-refractivity contribution is -0.112. The minimum atomic E-state index is -0.476. The number of nitrogens with one attached hydrogen (secondary N) is 1. The van der Waals surface area contributed by atoms with Crippen molar-refractivity contribution < 1.29 is 9.53 Å². The number of carbonyl (C=O) groups excluding carboxylic acids is 1. The number of aryl methyl sites for hydroxylation is 1. The third-order valence-corrected chi connectivity index (χ3v) is 4.48. The summed E-state index contributed by atoms with van der Waals surface area (Å²) in [6.07, 6.45) is 6.70. The predicted octanol–water partition coefficient (Wildman–Crippen LogP) is 5.08. The summed E-state index contributed by atoms with van der Waals surface area (Å²) < 4.78 is 6.76. The molecule has 0 saturated carbocycles. The van der Waals surface area contributed by atoms with E-state index in [1.54, 1.807) is 24.3 Å². The van der Waals surface area contributed by atoms with Gasteiger partial charge in [0, 0.05) is 5.69 Å². The Morgan fingerprint density at radius 3 is 2.42 bits per heavy atom. The van der Waals surface area contributed by atoms with Gasteiger partial charge in [-0.2, -0.15) is 5.26 Å². The fourth-order valence-corrected chi connectivity index (χ4v) is 3.52. The van der Waals surface area contributed by atoms with Gasteiger partial charge < -0.3 is 10.1 Å². The van der Waals surface area contributed by atoms with Crippen LogP contribution in [0.5, 0.6) is 5.75 Å². The SMILES string of the molecule is C#CCOc1c(Br)cc(/C=C(\C#N)C(=O)Nc2ccc(C)cc2)cc1Br. The topological polar surface area (TPSA) is 62.1 Å². The normalized spacial score (nSPS) is 10.6. The molecule has 0 aliphatic heterocycles. The van der Waals surface area contributed by atoms with E-state index in [2.05, 4.69) is 43.1 Å². The number of hydrogen-bond acceptors (Lipinski definition) is 3. The molecule has 1 N–H and O–H groups in total. The fourth-order valence-electron chi connectivity index (χ4n) is 2.07. The van der Waals surface area contributed by atoms with Crippen molar-refractivity contribution in [3.8, 4) is 24.2 Å². The second-order valence-electron chi connectivity index (χ2n) is 5.30. The number of amides is 1. The summed E-state index contributed by atoms with van der Waals surface area (Å²) in [4.78, 5) is 12.3. The number of anilines is 1. The average molecular weight is 474 g/mol. The highest BCUT2D eigenvalue weighted by molar-refractivity contribution is 9.11. The molecule has 1 amide bonds. The van der Waals surface area contributed by atoms with E-state index in [0.29, 0.717) is 25.9 Å². The molecule has 26 heavy (non-hydrogen) atoms. The van der Waals surface area contributed by atoms with Crippen molar-refractivity contribution >= 4 is 49.5 Å². The Kier molecular flexibility index (Phi) is 7.03. The second-order valence-corrected chi connectivity index (χ2v) is 7.01. The van der Waals surface area contributed by atoms with Gasteiger partial charge in [0.25, 0.3) is 5.91 Å². The summed E-state index contributed by atoms with van der Waals surface area (Å²) in [6.45, 7) is 2.09. The Bertz CT molecular complexity index is 913. The molecule has 0 aliphatic rings. The lowest BCUT2D eigenvalue weighted by atomic mass is 10.1. The Balaban J connectivity index is 2.25. The predicted molar refractivity (Wildman–Crippen MR) is 110 cm³/mol. The first-order valence-electron chi connectivity index (χ1n) is 7.49. The molecule has 0 heterocycles. The van der Waals surface area contributed by atoms with Crippen molar-refractivity contribution in [2.24, 2.45) is 0 Å². The third-order valence-electron chi connectivity index (χ3n) is 3.31. The summed E-state index contributed by atoms with van der Waals surface area (Å²) in [5, 5.41) is 12.0. The van der Waals surface area contributed by atoms with E-state index in [1.165, 1.54) is 6.08 Å². The summed E-state index contributed by atoms with van der Waals surface area (Å²) in [5.41, 5.74) is 2.36. The standard InChI is InChI=1S/C20H14Br2N2O2/c1-3-8-26-19-17(21)10-14(11-18(19)22)9-15(12-23)20(25)24-16-6-4-13(2)5-7-16/h1,4-7,9-11H,8H2,2H3,(H,24,25)/b15-9+. The molecule has 0 unspecified atom stereocenters. The van der Waals surface area contributed by atoms with E-state index < -0.39 is 5.91 Å². The van der Waals surface area contributed by atoms with Crippen LogP contribution in [-0.2, 0) is 4.79 Å². The van der Waals surface area contributed by atoms with Crippen LogP contribution < -0.4 is 10.1 Å². The van der Waals surface area contributed by atoms with Crippen LogP contribution in [0.3, 0.4) is 0 Å². The van der Waals surface area contributed by atoms with E-state index >= 15 is 0 Å². The van der Waals surface area contributed by atoms with Gasteiger partial charge in [0.05, 0.1) is 8.95 Å². The van der Waals surface area contributed by atoms with Gasteiger partial charge in [-0.1, -0.05) is 23.6 Å². The molecule has 0 spiro atoms. The van der Waals surface area contributed by atoms with E-state index in [4.69, 9.17) is 11.2 Å². The summed E-state index contributed by atoms with van der Waals surface area (Å²) in [5.74, 6) is 2.48. The molecule has 0 saturated heterocycles. The van der Waals surface area contributed by atoms with E-state index in [1.807, 2.05) is 25.1 Å². The first-order valence-corrected chi connectivity index (χ1v) is 9.08. The number of rotatable bonds is 5. The van der Waals surface area contributed by atoms with Crippen molar-refractivity contribution in [3.63, 3.8) is 0 Å². The average Bonchev–Trinajstić information content (AvgIpc) is 2.61. The van der Waals surface area contributed by atoms with Crippen LogP contribution in [0.15, 0.2) is 50.9 Å². The Morgan fingerprint density at radius 2 is 1.88 bits per heavy atom. The molecule has 0 fully saturated rings. The van der Waals surface area contributed by atoms with Gasteiger partial charge in [-0.3, -0.25) is 4.79 Å². The highest BCUT2D eigenvalue weighted by Gasteiger charge is 2.12. The van der Waals surface area contributed by atoms with Gasteiger partial charge in [-0.15, -0.1) is 6.42 Å². The Labute approximate surface area is 169 Å². The monoisotopic (exact) mass is 472 g/mol. The zero-order valence-corrected chi connectivity index (χ0v) is 17.0. The first-order chi connectivity index (χ1) is 12.4. The number of terminal acetylenes is 1. The quantitative estimate of drug-likeness (QED) is 0.374. The molecule has 0 radical (unpaired) electrons. The van der Waals surface area contributed by atoms with Gasteiger partial charge in [-0.25, -0.2) is 0 Å². The Morgan fingerprint density at radius 1 is 1.27 bits per heavy atom. The van der Waals surface area contributed by atoms with Crippen molar-refractivity contribution in [2.75, 3.05) is 11.9 Å². The molecule has 0 aromatic heterocycles. The van der Waals surface area contributed by atoms with Gasteiger partial charge in [0.1, 0.15) is 24.0 Å². The van der Waals surface area contributed by atoms with Gasteiger partial charge in [-0.05, 0) is 74.7 Å². The van der Waals surface area contributed by atoms with Crippen LogP contribution >= 0.6 is 31.9 Å². The molecule has 6 heteroatoms. The van der Waals surface area contributed by atoms with E-state index in [-0.39, 0.29) is 12.2 Å². The molecule has 0 bridgehead atoms. The number of halogens is 2. The minimum Gasteiger partial charge on any atom is -0.479 e. The van der Waals surface area contributed by atoms with Crippen molar-refractivity contribution in [1.82, 2.24) is 0 Å². The minimum absolute atomic E-state index is 0.0123. The first kappa shape index (κ1) is 19.8. The van der Waals surface area contributed by atoms with Crippen LogP contribution in [0.25, 0.3) is 6.08 Å². The van der Waals surface area contributed by atoms with Crippen LogP contribution in [0, 0.1) is 30.6 Å². The van der Waals surface area contributed by atoms with Gasteiger partial charge in [0.2, 0.25) is 0 Å². The number of carbonyl (C=O) groups is 1.